The highest BCUT2D eigenvalue weighted by Crippen LogP contribution is 2.10. The summed E-state index contributed by atoms with van der Waals surface area (Å²) in [5, 5.41) is 0.106. The zero-order valence-electron chi connectivity index (χ0n) is 8.84. The van der Waals surface area contributed by atoms with E-state index in [0.717, 1.165) is 0 Å². The Kier molecular flexibility index (Phi) is 3.83. The molecule has 0 spiro atoms. The first-order valence-electron chi connectivity index (χ1n) is 4.65. The van der Waals surface area contributed by atoms with Crippen molar-refractivity contribution in [3.05, 3.63) is 12.5 Å². The number of nitrogens with two attached hydrogens (primary N) is 1. The minimum Gasteiger partial charge on any atom is -0.335 e. The van der Waals surface area contributed by atoms with Gasteiger partial charge in [-0.05, 0) is 13.3 Å². The van der Waals surface area contributed by atoms with Gasteiger partial charge in [0.25, 0.3) is 10.0 Å². The molecule has 1 aromatic rings. The van der Waals surface area contributed by atoms with Gasteiger partial charge in [-0.2, -0.15) is 4.31 Å². The molecule has 1 unspecified atom stereocenters. The summed E-state index contributed by atoms with van der Waals surface area (Å²) >= 11 is 0. The number of H-pyrrole nitrogens is 1. The molecule has 0 aliphatic heterocycles. The van der Waals surface area contributed by atoms with Crippen LogP contribution in [-0.4, -0.2) is 42.3 Å². The normalized spacial score (nSPS) is 14.4. The number of rotatable bonds is 5. The fourth-order valence-corrected chi connectivity index (χ4v) is 2.13. The molecule has 0 aliphatic rings. The van der Waals surface area contributed by atoms with Crippen LogP contribution in [0.2, 0.25) is 0 Å². The van der Waals surface area contributed by atoms with Gasteiger partial charge in [-0.15, -0.1) is 0 Å². The first-order valence-corrected chi connectivity index (χ1v) is 6.09. The van der Waals surface area contributed by atoms with Crippen LogP contribution in [0.5, 0.6) is 0 Å². The molecule has 1 rings (SSSR count). The van der Waals surface area contributed by atoms with Crippen molar-refractivity contribution in [1.82, 2.24) is 14.3 Å². The van der Waals surface area contributed by atoms with Crippen LogP contribution in [0.15, 0.2) is 17.6 Å². The largest absolute Gasteiger partial charge is 0.335 e. The molecule has 0 bridgehead atoms. The highest BCUT2D eigenvalue weighted by molar-refractivity contribution is 7.89. The quantitative estimate of drug-likeness (QED) is 0.733. The van der Waals surface area contributed by atoms with Gasteiger partial charge in [0.05, 0.1) is 12.5 Å². The number of nitrogens with one attached hydrogen (secondary N) is 1. The van der Waals surface area contributed by atoms with Gasteiger partial charge in [-0.3, -0.25) is 0 Å². The smallest absolute Gasteiger partial charge is 0.259 e. The third-order valence-electron chi connectivity index (χ3n) is 2.06. The van der Waals surface area contributed by atoms with Crippen LogP contribution in [0, 0.1) is 0 Å². The van der Waals surface area contributed by atoms with E-state index in [1.807, 2.05) is 6.92 Å². The third-order valence-corrected chi connectivity index (χ3v) is 3.84. The summed E-state index contributed by atoms with van der Waals surface area (Å²) in [5.41, 5.74) is 5.56. The molecule has 1 atom stereocenters. The van der Waals surface area contributed by atoms with Crippen LogP contribution in [0.4, 0.5) is 0 Å². The fourth-order valence-electron chi connectivity index (χ4n) is 1.06. The Balaban J connectivity index is 2.71. The van der Waals surface area contributed by atoms with Gasteiger partial charge in [0.2, 0.25) is 0 Å². The average Bonchev–Trinajstić information content (AvgIpc) is 2.66. The predicted octanol–water partition coefficient (Wildman–Crippen LogP) is -0.232. The lowest BCUT2D eigenvalue weighted by Gasteiger charge is -2.16. The molecule has 0 aromatic carbocycles. The van der Waals surface area contributed by atoms with Crippen molar-refractivity contribution in [1.29, 1.82) is 0 Å². The van der Waals surface area contributed by atoms with E-state index in [4.69, 9.17) is 5.73 Å². The zero-order valence-corrected chi connectivity index (χ0v) is 9.66. The van der Waals surface area contributed by atoms with Crippen molar-refractivity contribution in [2.75, 3.05) is 13.6 Å². The molecule has 6 nitrogen and oxygen atoms in total. The topological polar surface area (TPSA) is 92.1 Å². The summed E-state index contributed by atoms with van der Waals surface area (Å²) in [6.45, 7) is 2.25. The fraction of sp³-hybridized carbons (Fsp3) is 0.625. The first kappa shape index (κ1) is 12.2. The lowest BCUT2D eigenvalue weighted by Crippen LogP contribution is -2.31. The molecule has 86 valence electrons. The Morgan fingerprint density at radius 2 is 2.33 bits per heavy atom. The lowest BCUT2D eigenvalue weighted by molar-refractivity contribution is 0.444. The zero-order chi connectivity index (χ0) is 11.5. The van der Waals surface area contributed by atoms with Crippen molar-refractivity contribution >= 4 is 10.0 Å². The SMILES string of the molecule is CC(N)CCN(C)S(=O)(=O)c1cnc[nH]1. The van der Waals surface area contributed by atoms with Crippen molar-refractivity contribution in [3.8, 4) is 0 Å². The molecule has 0 aliphatic carbocycles. The molecule has 7 heteroatoms. The van der Waals surface area contributed by atoms with Crippen molar-refractivity contribution in [2.45, 2.75) is 24.4 Å². The Labute approximate surface area is 89.5 Å². The Hall–Kier alpha value is -0.920. The summed E-state index contributed by atoms with van der Waals surface area (Å²) < 4.78 is 24.9. The predicted molar refractivity (Wildman–Crippen MR) is 56.7 cm³/mol. The maximum Gasteiger partial charge on any atom is 0.259 e. The lowest BCUT2D eigenvalue weighted by atomic mass is 10.2. The maximum absolute atomic E-state index is 11.8. The summed E-state index contributed by atoms with van der Waals surface area (Å²) in [6.07, 6.45) is 3.26. The molecule has 0 fully saturated rings. The highest BCUT2D eigenvalue weighted by atomic mass is 32.2. The second kappa shape index (κ2) is 4.73. The second-order valence-corrected chi connectivity index (χ2v) is 5.52. The molecule has 0 saturated heterocycles. The Morgan fingerprint density at radius 3 is 2.80 bits per heavy atom. The van der Waals surface area contributed by atoms with Crippen LogP contribution >= 0.6 is 0 Å². The van der Waals surface area contributed by atoms with Crippen LogP contribution in [0.1, 0.15) is 13.3 Å². The van der Waals surface area contributed by atoms with Gasteiger partial charge in [-0.1, -0.05) is 0 Å². The minimum atomic E-state index is -3.43. The van der Waals surface area contributed by atoms with Gasteiger partial charge < -0.3 is 10.7 Å². The summed E-state index contributed by atoms with van der Waals surface area (Å²) in [6, 6.07) is -0.00980. The van der Waals surface area contributed by atoms with Crippen LogP contribution < -0.4 is 5.73 Å². The molecular weight excluding hydrogens is 216 g/mol. The van der Waals surface area contributed by atoms with Gasteiger partial charge in [0, 0.05) is 19.6 Å². The second-order valence-electron chi connectivity index (χ2n) is 3.51. The van der Waals surface area contributed by atoms with Gasteiger partial charge in [0.15, 0.2) is 5.03 Å². The van der Waals surface area contributed by atoms with E-state index in [1.165, 1.54) is 23.9 Å². The van der Waals surface area contributed by atoms with Gasteiger partial charge in [0.1, 0.15) is 0 Å². The monoisotopic (exact) mass is 232 g/mol. The number of aromatic nitrogens is 2. The summed E-state index contributed by atoms with van der Waals surface area (Å²) in [7, 11) is -1.91. The van der Waals surface area contributed by atoms with E-state index in [-0.39, 0.29) is 11.1 Å². The molecule has 0 saturated carbocycles. The van der Waals surface area contributed by atoms with E-state index >= 15 is 0 Å². The number of nitrogens with zero attached hydrogens (tertiary/aromatic N) is 2. The van der Waals surface area contributed by atoms with E-state index < -0.39 is 10.0 Å². The minimum absolute atomic E-state index is 0.00980. The number of sulfonamides is 1. The van der Waals surface area contributed by atoms with E-state index in [9.17, 15) is 8.42 Å². The molecule has 1 aromatic heterocycles. The number of aromatic amines is 1. The van der Waals surface area contributed by atoms with Crippen molar-refractivity contribution in [2.24, 2.45) is 5.73 Å². The number of imidazole rings is 1. The van der Waals surface area contributed by atoms with Gasteiger partial charge >= 0.3 is 0 Å². The Morgan fingerprint density at radius 1 is 1.67 bits per heavy atom. The molecular formula is C8H16N4O2S. The van der Waals surface area contributed by atoms with Crippen LogP contribution in [0.3, 0.4) is 0 Å². The first-order chi connectivity index (χ1) is 6.94. The van der Waals surface area contributed by atoms with Crippen LogP contribution in [0.25, 0.3) is 0 Å². The van der Waals surface area contributed by atoms with E-state index in [0.29, 0.717) is 13.0 Å². The van der Waals surface area contributed by atoms with Crippen LogP contribution in [-0.2, 0) is 10.0 Å². The highest BCUT2D eigenvalue weighted by Gasteiger charge is 2.21. The van der Waals surface area contributed by atoms with E-state index in [1.54, 1.807) is 0 Å². The summed E-state index contributed by atoms with van der Waals surface area (Å²) in [5.74, 6) is 0. The van der Waals surface area contributed by atoms with Crippen molar-refractivity contribution < 1.29 is 8.42 Å². The molecule has 15 heavy (non-hydrogen) atoms. The molecule has 1 heterocycles. The van der Waals surface area contributed by atoms with Crippen molar-refractivity contribution in [3.63, 3.8) is 0 Å². The molecule has 0 radical (unpaired) electrons. The Bertz CT molecular complexity index is 385. The summed E-state index contributed by atoms with van der Waals surface area (Å²) in [4.78, 5) is 6.25. The standard InChI is InChI=1S/C8H16N4O2S/c1-7(9)3-4-12(2)15(13,14)8-5-10-6-11-8/h5-7H,3-4,9H2,1-2H3,(H,10,11). The molecule has 0 amide bonds. The maximum atomic E-state index is 11.8. The average molecular weight is 232 g/mol. The van der Waals surface area contributed by atoms with E-state index in [2.05, 4.69) is 9.97 Å². The third kappa shape index (κ3) is 3.01. The number of hydrogen-bond donors (Lipinski definition) is 2. The number of hydrogen-bond acceptors (Lipinski definition) is 4. The van der Waals surface area contributed by atoms with Gasteiger partial charge in [-0.25, -0.2) is 13.4 Å². The molecule has 3 N–H and O–H groups in total.